The van der Waals surface area contributed by atoms with Crippen molar-refractivity contribution in [2.24, 2.45) is 0 Å². The fourth-order valence-corrected chi connectivity index (χ4v) is 1.11. The van der Waals surface area contributed by atoms with Gasteiger partial charge in [0, 0.05) is 13.1 Å². The summed E-state index contributed by atoms with van der Waals surface area (Å²) in [5.41, 5.74) is 0.896. The van der Waals surface area contributed by atoms with E-state index in [2.05, 4.69) is 5.32 Å². The van der Waals surface area contributed by atoms with Gasteiger partial charge >= 0.3 is 0 Å². The molecule has 0 amide bonds. The molecule has 0 radical (unpaired) electrons. The Balaban J connectivity index is 0.00000169. The smallest absolute Gasteiger partial charge is 0.0914 e. The molecule has 1 atom stereocenters. The number of aliphatic hydroxyl groups is 2. The van der Waals surface area contributed by atoms with Gasteiger partial charge in [-0.3, -0.25) is 0 Å². The van der Waals surface area contributed by atoms with E-state index in [4.69, 9.17) is 5.11 Å². The van der Waals surface area contributed by atoms with Crippen LogP contribution in [0.2, 0.25) is 0 Å². The molecule has 3 nitrogen and oxygen atoms in total. The fraction of sp³-hybridized carbons (Fsp3) is 0.400. The largest absolute Gasteiger partial charge is 0.395 e. The van der Waals surface area contributed by atoms with Gasteiger partial charge in [0.25, 0.3) is 0 Å². The maximum Gasteiger partial charge on any atom is 0.0914 e. The molecule has 0 aliphatic heterocycles. The lowest BCUT2D eigenvalue weighted by molar-refractivity contribution is 0.171. The van der Waals surface area contributed by atoms with E-state index in [1.165, 1.54) is 0 Å². The van der Waals surface area contributed by atoms with E-state index in [0.717, 1.165) is 5.56 Å². The number of benzene rings is 1. The van der Waals surface area contributed by atoms with Crippen molar-refractivity contribution in [2.45, 2.75) is 6.10 Å². The van der Waals surface area contributed by atoms with Crippen LogP contribution < -0.4 is 5.32 Å². The molecule has 0 aliphatic rings. The molecule has 0 heterocycles. The SMILES string of the molecule is Cl.OCCNCC(O)c1ccccc1. The molecular weight excluding hydrogens is 202 g/mol. The van der Waals surface area contributed by atoms with Crippen LogP contribution in [0.15, 0.2) is 30.3 Å². The fourth-order valence-electron chi connectivity index (χ4n) is 1.11. The molecule has 1 unspecified atom stereocenters. The third kappa shape index (κ3) is 4.58. The first-order chi connectivity index (χ1) is 6.34. The Morgan fingerprint density at radius 2 is 1.86 bits per heavy atom. The molecule has 1 rings (SSSR count). The van der Waals surface area contributed by atoms with Crippen LogP contribution in [0.5, 0.6) is 0 Å². The standard InChI is InChI=1S/C10H15NO2.ClH/c12-7-6-11-8-10(13)9-4-2-1-3-5-9;/h1-5,10-13H,6-8H2;1H. The molecule has 1 aromatic rings. The highest BCUT2D eigenvalue weighted by Crippen LogP contribution is 2.09. The van der Waals surface area contributed by atoms with Gasteiger partial charge in [0.2, 0.25) is 0 Å². The molecule has 3 N–H and O–H groups in total. The summed E-state index contributed by atoms with van der Waals surface area (Å²) in [6.45, 7) is 1.09. The van der Waals surface area contributed by atoms with Gasteiger partial charge in [-0.05, 0) is 5.56 Å². The molecule has 0 bridgehead atoms. The lowest BCUT2D eigenvalue weighted by Gasteiger charge is -2.10. The Hall–Kier alpha value is -0.610. The highest BCUT2D eigenvalue weighted by Gasteiger charge is 2.04. The van der Waals surface area contributed by atoms with Crippen LogP contribution in [0.1, 0.15) is 11.7 Å². The summed E-state index contributed by atoms with van der Waals surface area (Å²) in [5.74, 6) is 0. The number of halogens is 1. The summed E-state index contributed by atoms with van der Waals surface area (Å²) >= 11 is 0. The third-order valence-electron chi connectivity index (χ3n) is 1.81. The minimum atomic E-state index is -0.493. The number of rotatable bonds is 5. The van der Waals surface area contributed by atoms with E-state index in [1.54, 1.807) is 0 Å². The van der Waals surface area contributed by atoms with Crippen LogP contribution in [-0.4, -0.2) is 29.9 Å². The minimum absolute atomic E-state index is 0. The average molecular weight is 218 g/mol. The second kappa shape index (κ2) is 7.76. The van der Waals surface area contributed by atoms with Crippen molar-refractivity contribution in [1.29, 1.82) is 0 Å². The highest BCUT2D eigenvalue weighted by atomic mass is 35.5. The zero-order chi connectivity index (χ0) is 9.52. The van der Waals surface area contributed by atoms with Crippen LogP contribution in [0, 0.1) is 0 Å². The summed E-state index contributed by atoms with van der Waals surface area (Å²) < 4.78 is 0. The first-order valence-corrected chi connectivity index (χ1v) is 4.39. The Kier molecular flexibility index (Phi) is 7.42. The predicted molar refractivity (Wildman–Crippen MR) is 58.6 cm³/mol. The molecule has 0 aromatic heterocycles. The van der Waals surface area contributed by atoms with E-state index in [9.17, 15) is 5.11 Å². The molecule has 4 heteroatoms. The number of aliphatic hydroxyl groups excluding tert-OH is 2. The molecule has 80 valence electrons. The predicted octanol–water partition coefficient (Wildman–Crippen LogP) is 0.724. The molecule has 14 heavy (non-hydrogen) atoms. The van der Waals surface area contributed by atoms with E-state index >= 15 is 0 Å². The number of hydrogen-bond acceptors (Lipinski definition) is 3. The van der Waals surface area contributed by atoms with E-state index in [1.807, 2.05) is 30.3 Å². The minimum Gasteiger partial charge on any atom is -0.395 e. The van der Waals surface area contributed by atoms with Crippen molar-refractivity contribution in [2.75, 3.05) is 19.7 Å². The average Bonchev–Trinajstić information content (AvgIpc) is 2.19. The quantitative estimate of drug-likeness (QED) is 0.638. The van der Waals surface area contributed by atoms with E-state index in [-0.39, 0.29) is 19.0 Å². The summed E-state index contributed by atoms with van der Waals surface area (Å²) in [6, 6.07) is 9.46. The molecule has 0 saturated heterocycles. The monoisotopic (exact) mass is 217 g/mol. The van der Waals surface area contributed by atoms with Gasteiger partial charge in [-0.1, -0.05) is 30.3 Å². The molecule has 0 aliphatic carbocycles. The lowest BCUT2D eigenvalue weighted by atomic mass is 10.1. The van der Waals surface area contributed by atoms with Crippen molar-refractivity contribution in [3.63, 3.8) is 0 Å². The Bertz CT molecular complexity index is 231. The Labute approximate surface area is 90.2 Å². The molecule has 0 fully saturated rings. The zero-order valence-electron chi connectivity index (χ0n) is 7.89. The van der Waals surface area contributed by atoms with Crippen LogP contribution in [-0.2, 0) is 0 Å². The maximum absolute atomic E-state index is 9.60. The van der Waals surface area contributed by atoms with Crippen LogP contribution in [0.25, 0.3) is 0 Å². The van der Waals surface area contributed by atoms with Crippen molar-refractivity contribution < 1.29 is 10.2 Å². The van der Waals surface area contributed by atoms with Crippen LogP contribution >= 0.6 is 12.4 Å². The first-order valence-electron chi connectivity index (χ1n) is 4.39. The molecular formula is C10H16ClNO2. The van der Waals surface area contributed by atoms with Gasteiger partial charge < -0.3 is 15.5 Å². The van der Waals surface area contributed by atoms with Crippen molar-refractivity contribution >= 4 is 12.4 Å². The molecule has 1 aromatic carbocycles. The Morgan fingerprint density at radius 1 is 1.21 bits per heavy atom. The second-order valence-electron chi connectivity index (χ2n) is 2.85. The van der Waals surface area contributed by atoms with Gasteiger partial charge in [-0.15, -0.1) is 12.4 Å². The normalized spacial score (nSPS) is 11.9. The number of hydrogen-bond donors (Lipinski definition) is 3. The van der Waals surface area contributed by atoms with E-state index in [0.29, 0.717) is 13.1 Å². The topological polar surface area (TPSA) is 52.5 Å². The van der Waals surface area contributed by atoms with Gasteiger partial charge in [-0.2, -0.15) is 0 Å². The highest BCUT2D eigenvalue weighted by molar-refractivity contribution is 5.85. The van der Waals surface area contributed by atoms with Crippen molar-refractivity contribution in [1.82, 2.24) is 5.32 Å². The zero-order valence-corrected chi connectivity index (χ0v) is 8.70. The summed E-state index contributed by atoms with van der Waals surface area (Å²) in [6.07, 6.45) is -0.493. The van der Waals surface area contributed by atoms with Crippen molar-refractivity contribution in [3.05, 3.63) is 35.9 Å². The van der Waals surface area contributed by atoms with Crippen molar-refractivity contribution in [3.8, 4) is 0 Å². The first kappa shape index (κ1) is 13.4. The van der Waals surface area contributed by atoms with Crippen LogP contribution in [0.4, 0.5) is 0 Å². The summed E-state index contributed by atoms with van der Waals surface area (Å²) in [5, 5.41) is 21.0. The van der Waals surface area contributed by atoms with Crippen LogP contribution in [0.3, 0.4) is 0 Å². The summed E-state index contributed by atoms with van der Waals surface area (Å²) in [4.78, 5) is 0. The maximum atomic E-state index is 9.60. The second-order valence-corrected chi connectivity index (χ2v) is 2.85. The molecule has 0 saturated carbocycles. The van der Waals surface area contributed by atoms with Gasteiger partial charge in [0.15, 0.2) is 0 Å². The van der Waals surface area contributed by atoms with Gasteiger partial charge in [-0.25, -0.2) is 0 Å². The molecule has 0 spiro atoms. The van der Waals surface area contributed by atoms with E-state index < -0.39 is 6.10 Å². The third-order valence-corrected chi connectivity index (χ3v) is 1.81. The number of nitrogens with one attached hydrogen (secondary N) is 1. The Morgan fingerprint density at radius 3 is 2.43 bits per heavy atom. The lowest BCUT2D eigenvalue weighted by Crippen LogP contribution is -2.24. The van der Waals surface area contributed by atoms with Gasteiger partial charge in [0.05, 0.1) is 12.7 Å². The summed E-state index contributed by atoms with van der Waals surface area (Å²) in [7, 11) is 0. The van der Waals surface area contributed by atoms with Gasteiger partial charge in [0.1, 0.15) is 0 Å².